The van der Waals surface area contributed by atoms with Crippen LogP contribution in [0.2, 0.25) is 5.02 Å². The van der Waals surface area contributed by atoms with Gasteiger partial charge < -0.3 is 14.4 Å². The first kappa shape index (κ1) is 18.6. The van der Waals surface area contributed by atoms with E-state index in [1.807, 2.05) is 30.0 Å². The molecule has 0 saturated carbocycles. The third-order valence-corrected chi connectivity index (χ3v) is 5.80. The van der Waals surface area contributed by atoms with Gasteiger partial charge in [0.1, 0.15) is 6.61 Å². The Bertz CT molecular complexity index is 713. The number of benzene rings is 1. The number of ether oxygens (including phenoxy) is 2. The van der Waals surface area contributed by atoms with Gasteiger partial charge in [-0.15, -0.1) is 11.3 Å². The maximum absolute atomic E-state index is 12.2. The van der Waals surface area contributed by atoms with Gasteiger partial charge in [-0.3, -0.25) is 4.79 Å². The molecule has 0 radical (unpaired) electrons. The second-order valence-electron chi connectivity index (χ2n) is 6.07. The number of thiazole rings is 1. The van der Waals surface area contributed by atoms with Crippen molar-refractivity contribution in [2.45, 2.75) is 25.7 Å². The lowest BCUT2D eigenvalue weighted by molar-refractivity contribution is -0.137. The summed E-state index contributed by atoms with van der Waals surface area (Å²) in [7, 11) is 0. The summed E-state index contributed by atoms with van der Waals surface area (Å²) in [4.78, 5) is 18.8. The van der Waals surface area contributed by atoms with Crippen LogP contribution >= 0.6 is 22.9 Å². The van der Waals surface area contributed by atoms with Gasteiger partial charge in [-0.1, -0.05) is 11.6 Å². The fourth-order valence-corrected chi connectivity index (χ4v) is 4.27. The number of amides is 1. The number of fused-ring (bicyclic) bond motifs is 1. The Morgan fingerprint density at radius 1 is 1.32 bits per heavy atom. The van der Waals surface area contributed by atoms with E-state index in [4.69, 9.17) is 26.1 Å². The SMILES string of the molecule is CCOCCOCC(=O)N1CCC(c2nc3cc(Cl)ccc3s2)CC1. The number of nitrogens with zero attached hydrogens (tertiary/aromatic N) is 2. The van der Waals surface area contributed by atoms with Crippen LogP contribution in [0.25, 0.3) is 10.2 Å². The molecule has 0 aliphatic carbocycles. The smallest absolute Gasteiger partial charge is 0.248 e. The number of halogens is 1. The number of carbonyl (C=O) groups excluding carboxylic acids is 1. The first-order chi connectivity index (χ1) is 12.2. The Kier molecular flexibility index (Phi) is 6.64. The van der Waals surface area contributed by atoms with Crippen molar-refractivity contribution in [3.05, 3.63) is 28.2 Å². The molecular weight excluding hydrogens is 360 g/mol. The molecule has 0 N–H and O–H groups in total. The van der Waals surface area contributed by atoms with E-state index in [1.54, 1.807) is 11.3 Å². The minimum absolute atomic E-state index is 0.0611. The summed E-state index contributed by atoms with van der Waals surface area (Å²) >= 11 is 7.77. The lowest BCUT2D eigenvalue weighted by Crippen LogP contribution is -2.40. The van der Waals surface area contributed by atoms with Gasteiger partial charge in [-0.05, 0) is 38.0 Å². The number of aromatic nitrogens is 1. The van der Waals surface area contributed by atoms with Crippen LogP contribution in [0, 0.1) is 0 Å². The average molecular weight is 383 g/mol. The molecule has 1 saturated heterocycles. The quantitative estimate of drug-likeness (QED) is 0.685. The molecule has 136 valence electrons. The van der Waals surface area contributed by atoms with Crippen LogP contribution in [0.1, 0.15) is 30.7 Å². The Morgan fingerprint density at radius 2 is 2.08 bits per heavy atom. The Hall–Kier alpha value is -1.21. The molecule has 2 heterocycles. The first-order valence-corrected chi connectivity index (χ1v) is 9.86. The van der Waals surface area contributed by atoms with E-state index in [0.717, 1.165) is 36.5 Å². The van der Waals surface area contributed by atoms with Gasteiger partial charge in [0.05, 0.1) is 28.4 Å². The van der Waals surface area contributed by atoms with E-state index in [9.17, 15) is 4.79 Å². The summed E-state index contributed by atoms with van der Waals surface area (Å²) < 4.78 is 11.7. The van der Waals surface area contributed by atoms with Gasteiger partial charge in [0.2, 0.25) is 5.91 Å². The minimum atomic E-state index is 0.0611. The fourth-order valence-electron chi connectivity index (χ4n) is 2.98. The van der Waals surface area contributed by atoms with E-state index in [2.05, 4.69) is 0 Å². The van der Waals surface area contributed by atoms with Crippen LogP contribution in [0.15, 0.2) is 18.2 Å². The molecule has 5 nitrogen and oxygen atoms in total. The summed E-state index contributed by atoms with van der Waals surface area (Å²) in [5.74, 6) is 0.477. The molecule has 0 unspecified atom stereocenters. The third kappa shape index (κ3) is 4.91. The van der Waals surface area contributed by atoms with Gasteiger partial charge in [-0.25, -0.2) is 4.98 Å². The highest BCUT2D eigenvalue weighted by molar-refractivity contribution is 7.18. The van der Waals surface area contributed by atoms with Gasteiger partial charge in [0.25, 0.3) is 0 Å². The zero-order valence-corrected chi connectivity index (χ0v) is 15.9. The van der Waals surface area contributed by atoms with E-state index in [-0.39, 0.29) is 12.5 Å². The van der Waals surface area contributed by atoms with Crippen molar-refractivity contribution in [2.24, 2.45) is 0 Å². The molecule has 2 aromatic rings. The number of rotatable bonds is 7. The van der Waals surface area contributed by atoms with Crippen LogP contribution in [0.5, 0.6) is 0 Å². The zero-order valence-electron chi connectivity index (χ0n) is 14.4. The predicted octanol–water partition coefficient (Wildman–Crippen LogP) is 3.71. The summed E-state index contributed by atoms with van der Waals surface area (Å²) in [6.07, 6.45) is 1.89. The van der Waals surface area contributed by atoms with Crippen molar-refractivity contribution in [3.63, 3.8) is 0 Å². The largest absolute Gasteiger partial charge is 0.379 e. The second-order valence-corrected chi connectivity index (χ2v) is 7.57. The summed E-state index contributed by atoms with van der Waals surface area (Å²) in [5.41, 5.74) is 0.966. The molecule has 1 aromatic carbocycles. The van der Waals surface area contributed by atoms with Gasteiger partial charge >= 0.3 is 0 Å². The maximum atomic E-state index is 12.2. The lowest BCUT2D eigenvalue weighted by Gasteiger charge is -2.31. The molecular formula is C18H23ClN2O3S. The van der Waals surface area contributed by atoms with Crippen LogP contribution in [-0.2, 0) is 14.3 Å². The van der Waals surface area contributed by atoms with Crippen molar-refractivity contribution in [1.29, 1.82) is 0 Å². The second kappa shape index (κ2) is 8.94. The molecule has 0 spiro atoms. The van der Waals surface area contributed by atoms with Crippen LogP contribution in [0.4, 0.5) is 0 Å². The Labute approximate surface area is 156 Å². The van der Waals surface area contributed by atoms with E-state index < -0.39 is 0 Å². The van der Waals surface area contributed by atoms with Crippen molar-refractivity contribution < 1.29 is 14.3 Å². The minimum Gasteiger partial charge on any atom is -0.379 e. The molecule has 0 bridgehead atoms. The first-order valence-electron chi connectivity index (χ1n) is 8.66. The normalized spacial score (nSPS) is 15.8. The van der Waals surface area contributed by atoms with E-state index in [1.165, 1.54) is 4.70 Å². The average Bonchev–Trinajstić information content (AvgIpc) is 3.04. The van der Waals surface area contributed by atoms with Crippen LogP contribution in [0.3, 0.4) is 0 Å². The molecule has 1 amide bonds. The van der Waals surface area contributed by atoms with E-state index >= 15 is 0 Å². The molecule has 1 aliphatic rings. The molecule has 7 heteroatoms. The topological polar surface area (TPSA) is 51.7 Å². The molecule has 3 rings (SSSR count). The standard InChI is InChI=1S/C18H23ClN2O3S/c1-2-23-9-10-24-12-17(22)21-7-5-13(6-8-21)18-20-15-11-14(19)3-4-16(15)25-18/h3-4,11,13H,2,5-10,12H2,1H3. The number of carbonyl (C=O) groups is 1. The van der Waals surface area contributed by atoms with Gasteiger partial charge in [-0.2, -0.15) is 0 Å². The van der Waals surface area contributed by atoms with Crippen molar-refractivity contribution in [3.8, 4) is 0 Å². The number of hydrogen-bond acceptors (Lipinski definition) is 5. The molecule has 1 fully saturated rings. The summed E-state index contributed by atoms with van der Waals surface area (Å²) in [6.45, 7) is 5.26. The van der Waals surface area contributed by atoms with E-state index in [0.29, 0.717) is 30.8 Å². The maximum Gasteiger partial charge on any atom is 0.248 e. The predicted molar refractivity (Wildman–Crippen MR) is 100 cm³/mol. The van der Waals surface area contributed by atoms with Crippen LogP contribution < -0.4 is 0 Å². The highest BCUT2D eigenvalue weighted by atomic mass is 35.5. The highest BCUT2D eigenvalue weighted by Crippen LogP contribution is 2.34. The fraction of sp³-hybridized carbons (Fsp3) is 0.556. The number of piperidine rings is 1. The zero-order chi connectivity index (χ0) is 17.6. The highest BCUT2D eigenvalue weighted by Gasteiger charge is 2.25. The molecule has 1 aliphatic heterocycles. The van der Waals surface area contributed by atoms with Gasteiger partial charge in [0.15, 0.2) is 0 Å². The number of hydrogen-bond donors (Lipinski definition) is 0. The summed E-state index contributed by atoms with van der Waals surface area (Å²) in [6, 6.07) is 5.84. The lowest BCUT2D eigenvalue weighted by atomic mass is 9.97. The third-order valence-electron chi connectivity index (χ3n) is 4.36. The molecule has 0 atom stereocenters. The monoisotopic (exact) mass is 382 g/mol. The molecule has 1 aromatic heterocycles. The van der Waals surface area contributed by atoms with Crippen LogP contribution in [-0.4, -0.2) is 55.3 Å². The van der Waals surface area contributed by atoms with Crippen molar-refractivity contribution in [2.75, 3.05) is 39.5 Å². The Morgan fingerprint density at radius 3 is 2.84 bits per heavy atom. The van der Waals surface area contributed by atoms with Crippen molar-refractivity contribution in [1.82, 2.24) is 9.88 Å². The summed E-state index contributed by atoms with van der Waals surface area (Å²) in [5, 5.41) is 1.87. The van der Waals surface area contributed by atoms with Crippen molar-refractivity contribution >= 4 is 39.1 Å². The Balaban J connectivity index is 1.48. The molecule has 25 heavy (non-hydrogen) atoms. The van der Waals surface area contributed by atoms with Gasteiger partial charge in [0, 0.05) is 30.6 Å². The number of likely N-dealkylation sites (tertiary alicyclic amines) is 1.